The molecule has 0 aliphatic heterocycles. The molecule has 1 heterocycles. The lowest BCUT2D eigenvalue weighted by Crippen LogP contribution is -2.11. The number of thiazole rings is 1. The normalized spacial score (nSPS) is 11.8. The molecule has 2 aromatic rings. The quantitative estimate of drug-likeness (QED) is 0.300. The number of alkyl halides is 3. The molecular weight excluding hydrogens is 442 g/mol. The zero-order valence-corrected chi connectivity index (χ0v) is 15.6. The molecule has 1 N–H and O–H groups in total. The zero-order chi connectivity index (χ0) is 19.3. The standard InChI is InChI=1S/C15H12BrF4N3O2S/c1-2-25-12(24)5-8-7-26-14(22-8)23-21-6-9-10(15(18,19)20)3-4-11(16)13(9)17/h3-4,6-7H,2,5H2,1H3,(H,22,23). The molecule has 140 valence electrons. The van der Waals surface area contributed by atoms with E-state index in [9.17, 15) is 22.4 Å². The van der Waals surface area contributed by atoms with Gasteiger partial charge in [-0.05, 0) is 35.0 Å². The highest BCUT2D eigenvalue weighted by Crippen LogP contribution is 2.34. The molecule has 0 spiro atoms. The van der Waals surface area contributed by atoms with Gasteiger partial charge in [0.15, 0.2) is 0 Å². The van der Waals surface area contributed by atoms with Crippen molar-refractivity contribution in [2.45, 2.75) is 19.5 Å². The van der Waals surface area contributed by atoms with Crippen LogP contribution in [-0.2, 0) is 22.1 Å². The summed E-state index contributed by atoms with van der Waals surface area (Å²) in [7, 11) is 0. The van der Waals surface area contributed by atoms with E-state index in [1.54, 1.807) is 12.3 Å². The average molecular weight is 454 g/mol. The van der Waals surface area contributed by atoms with Crippen molar-refractivity contribution in [1.29, 1.82) is 0 Å². The lowest BCUT2D eigenvalue weighted by molar-refractivity contribution is -0.142. The van der Waals surface area contributed by atoms with Crippen LogP contribution < -0.4 is 5.43 Å². The van der Waals surface area contributed by atoms with Gasteiger partial charge in [-0.3, -0.25) is 10.2 Å². The number of nitrogens with zero attached hydrogens (tertiary/aromatic N) is 2. The van der Waals surface area contributed by atoms with Crippen molar-refractivity contribution in [3.05, 3.63) is 44.6 Å². The topological polar surface area (TPSA) is 63.6 Å². The molecule has 26 heavy (non-hydrogen) atoms. The second-order valence-corrected chi connectivity index (χ2v) is 6.53. The van der Waals surface area contributed by atoms with Crippen molar-refractivity contribution in [2.24, 2.45) is 5.10 Å². The predicted octanol–water partition coefficient (Wildman–Crippen LogP) is 4.62. The van der Waals surface area contributed by atoms with E-state index < -0.39 is 29.1 Å². The lowest BCUT2D eigenvalue weighted by atomic mass is 10.1. The zero-order valence-electron chi connectivity index (χ0n) is 13.2. The Labute approximate surface area is 158 Å². The Morgan fingerprint density at radius 1 is 1.46 bits per heavy atom. The van der Waals surface area contributed by atoms with Crippen LogP contribution in [0.2, 0.25) is 0 Å². The van der Waals surface area contributed by atoms with E-state index in [0.29, 0.717) is 5.69 Å². The molecule has 0 aliphatic rings. The Morgan fingerprint density at radius 3 is 2.85 bits per heavy atom. The van der Waals surface area contributed by atoms with Gasteiger partial charge < -0.3 is 4.74 Å². The first kappa shape index (κ1) is 20.3. The molecule has 0 saturated heterocycles. The number of hydrazone groups is 1. The smallest absolute Gasteiger partial charge is 0.417 e. The lowest BCUT2D eigenvalue weighted by Gasteiger charge is -2.11. The predicted molar refractivity (Wildman–Crippen MR) is 92.8 cm³/mol. The van der Waals surface area contributed by atoms with Crippen molar-refractivity contribution >= 4 is 44.6 Å². The molecule has 0 aliphatic carbocycles. The van der Waals surface area contributed by atoms with E-state index in [1.165, 1.54) is 0 Å². The first-order valence-electron chi connectivity index (χ1n) is 7.16. The van der Waals surface area contributed by atoms with Crippen LogP contribution in [0.3, 0.4) is 0 Å². The highest BCUT2D eigenvalue weighted by Gasteiger charge is 2.34. The fourth-order valence-electron chi connectivity index (χ4n) is 1.89. The van der Waals surface area contributed by atoms with Crippen LogP contribution >= 0.6 is 27.3 Å². The summed E-state index contributed by atoms with van der Waals surface area (Å²) >= 11 is 3.94. The Balaban J connectivity index is 2.13. The van der Waals surface area contributed by atoms with Crippen molar-refractivity contribution in [1.82, 2.24) is 4.98 Å². The highest BCUT2D eigenvalue weighted by molar-refractivity contribution is 9.10. The van der Waals surface area contributed by atoms with Crippen molar-refractivity contribution in [3.63, 3.8) is 0 Å². The molecule has 1 aromatic carbocycles. The van der Waals surface area contributed by atoms with Crippen LogP contribution in [0.5, 0.6) is 0 Å². The van der Waals surface area contributed by atoms with Gasteiger partial charge in [-0.25, -0.2) is 9.37 Å². The summed E-state index contributed by atoms with van der Waals surface area (Å²) in [5.74, 6) is -1.52. The Bertz CT molecular complexity index is 824. The highest BCUT2D eigenvalue weighted by atomic mass is 79.9. The summed E-state index contributed by atoms with van der Waals surface area (Å²) in [6, 6.07) is 1.74. The molecule has 0 fully saturated rings. The fraction of sp³-hybridized carbons (Fsp3) is 0.267. The molecular formula is C15H12BrF4N3O2S. The maximum absolute atomic E-state index is 14.0. The van der Waals surface area contributed by atoms with Crippen LogP contribution in [0.15, 0.2) is 27.1 Å². The summed E-state index contributed by atoms with van der Waals surface area (Å²) < 4.78 is 57.6. The summed E-state index contributed by atoms with van der Waals surface area (Å²) in [4.78, 5) is 15.4. The van der Waals surface area contributed by atoms with E-state index in [0.717, 1.165) is 29.7 Å². The van der Waals surface area contributed by atoms with Crippen molar-refractivity contribution in [3.8, 4) is 0 Å². The number of esters is 1. The number of anilines is 1. The van der Waals surface area contributed by atoms with Crippen LogP contribution in [0.4, 0.5) is 22.7 Å². The van der Waals surface area contributed by atoms with Gasteiger partial charge in [0.1, 0.15) is 5.82 Å². The summed E-state index contributed by atoms with van der Waals surface area (Å²) in [6.07, 6.45) is -4.03. The molecule has 0 bridgehead atoms. The third kappa shape index (κ3) is 5.24. The first-order valence-corrected chi connectivity index (χ1v) is 8.84. The van der Waals surface area contributed by atoms with Gasteiger partial charge in [-0.15, -0.1) is 11.3 Å². The SMILES string of the molecule is CCOC(=O)Cc1csc(NN=Cc2c(C(F)(F)F)ccc(Br)c2F)n1. The number of aromatic nitrogens is 1. The van der Waals surface area contributed by atoms with Gasteiger partial charge in [-0.1, -0.05) is 0 Å². The molecule has 0 radical (unpaired) electrons. The Hall–Kier alpha value is -2.01. The van der Waals surface area contributed by atoms with E-state index in [4.69, 9.17) is 4.74 Å². The number of rotatable bonds is 6. The van der Waals surface area contributed by atoms with E-state index >= 15 is 0 Å². The number of hydrogen-bond donors (Lipinski definition) is 1. The summed E-state index contributed by atoms with van der Waals surface area (Å²) in [6.45, 7) is 1.93. The van der Waals surface area contributed by atoms with Crippen LogP contribution in [0.25, 0.3) is 0 Å². The van der Waals surface area contributed by atoms with Crippen LogP contribution in [-0.4, -0.2) is 23.8 Å². The van der Waals surface area contributed by atoms with Crippen LogP contribution in [0, 0.1) is 5.82 Å². The minimum Gasteiger partial charge on any atom is -0.466 e. The molecule has 0 atom stereocenters. The Morgan fingerprint density at radius 2 is 2.19 bits per heavy atom. The van der Waals surface area contributed by atoms with Gasteiger partial charge in [0.2, 0.25) is 5.13 Å². The summed E-state index contributed by atoms with van der Waals surface area (Å²) in [5, 5.41) is 5.43. The minimum atomic E-state index is -4.73. The average Bonchev–Trinajstić information content (AvgIpc) is 2.97. The maximum Gasteiger partial charge on any atom is 0.417 e. The first-order chi connectivity index (χ1) is 12.2. The number of benzene rings is 1. The van der Waals surface area contributed by atoms with E-state index in [-0.39, 0.29) is 22.6 Å². The third-order valence-corrected chi connectivity index (χ3v) is 4.38. The van der Waals surface area contributed by atoms with Crippen molar-refractivity contribution < 1.29 is 27.1 Å². The number of nitrogens with one attached hydrogen (secondary N) is 1. The van der Waals surface area contributed by atoms with E-state index in [1.807, 2.05) is 0 Å². The number of hydrogen-bond acceptors (Lipinski definition) is 6. The second kappa shape index (κ2) is 8.58. The fourth-order valence-corrected chi connectivity index (χ4v) is 2.90. The number of carbonyl (C=O) groups is 1. The molecule has 2 rings (SSSR count). The number of carbonyl (C=O) groups excluding carboxylic acids is 1. The van der Waals surface area contributed by atoms with Gasteiger partial charge >= 0.3 is 12.1 Å². The number of ether oxygens (including phenoxy) is 1. The van der Waals surface area contributed by atoms with Crippen LogP contribution in [0.1, 0.15) is 23.7 Å². The molecule has 0 amide bonds. The van der Waals surface area contributed by atoms with Gasteiger partial charge in [0.05, 0.1) is 35.0 Å². The molecule has 0 unspecified atom stereocenters. The molecule has 0 saturated carbocycles. The van der Waals surface area contributed by atoms with Gasteiger partial charge in [-0.2, -0.15) is 18.3 Å². The maximum atomic E-state index is 14.0. The van der Waals surface area contributed by atoms with Gasteiger partial charge in [0, 0.05) is 10.9 Å². The summed E-state index contributed by atoms with van der Waals surface area (Å²) in [5.41, 5.74) is 0.993. The molecule has 1 aromatic heterocycles. The monoisotopic (exact) mass is 453 g/mol. The third-order valence-electron chi connectivity index (χ3n) is 2.97. The molecule has 11 heteroatoms. The van der Waals surface area contributed by atoms with Crippen molar-refractivity contribution in [2.75, 3.05) is 12.0 Å². The van der Waals surface area contributed by atoms with E-state index in [2.05, 4.69) is 31.4 Å². The Kier molecular flexibility index (Phi) is 6.70. The minimum absolute atomic E-state index is 0.0335. The molecule has 5 nitrogen and oxygen atoms in total. The van der Waals surface area contributed by atoms with Gasteiger partial charge in [0.25, 0.3) is 0 Å². The largest absolute Gasteiger partial charge is 0.466 e. The number of halogens is 5. The second-order valence-electron chi connectivity index (χ2n) is 4.82.